The number of nitrogens with zero attached hydrogens (tertiary/aromatic N) is 2. The summed E-state index contributed by atoms with van der Waals surface area (Å²) >= 11 is 5.74. The molecule has 0 aliphatic carbocycles. The Labute approximate surface area is 70.9 Å². The molecule has 1 heterocycles. The van der Waals surface area contributed by atoms with Gasteiger partial charge in [-0.25, -0.2) is 4.98 Å². The van der Waals surface area contributed by atoms with Crippen LogP contribution in [0.4, 0.5) is 0 Å². The minimum absolute atomic E-state index is 0.456. The Morgan fingerprint density at radius 1 is 1.45 bits per heavy atom. The first-order chi connectivity index (χ1) is 5.34. The fourth-order valence-electron chi connectivity index (χ4n) is 0.673. The zero-order chi connectivity index (χ0) is 8.10. The number of aromatic nitrogens is 2. The highest BCUT2D eigenvalue weighted by Crippen LogP contribution is 2.09. The summed E-state index contributed by atoms with van der Waals surface area (Å²) in [6, 6.07) is 0. The summed E-state index contributed by atoms with van der Waals surface area (Å²) in [7, 11) is 0. The lowest BCUT2D eigenvalue weighted by Crippen LogP contribution is -1.83. The Hall–Kier alpha value is -0.890. The van der Waals surface area contributed by atoms with E-state index in [-0.39, 0.29) is 0 Å². The molecular weight excluding hydrogens is 160 g/mol. The highest BCUT2D eigenvalue weighted by molar-refractivity contribution is 6.30. The first-order valence-corrected chi connectivity index (χ1v) is 3.85. The summed E-state index contributed by atoms with van der Waals surface area (Å²) in [4.78, 5) is 7.92. The first-order valence-electron chi connectivity index (χ1n) is 3.47. The third-order valence-electron chi connectivity index (χ3n) is 1.19. The summed E-state index contributed by atoms with van der Waals surface area (Å²) in [5, 5.41) is 0.456. The minimum atomic E-state index is 0.456. The second kappa shape index (κ2) is 4.09. The molecule has 0 aliphatic heterocycles. The smallest absolute Gasteiger partial charge is 0.154 e. The second-order valence-corrected chi connectivity index (χ2v) is 2.40. The predicted octanol–water partition coefficient (Wildman–Crippen LogP) is 2.55. The summed E-state index contributed by atoms with van der Waals surface area (Å²) in [6.45, 7) is 2.06. The zero-order valence-electron chi connectivity index (χ0n) is 6.29. The number of hydrogen-bond acceptors (Lipinski definition) is 2. The summed E-state index contributed by atoms with van der Waals surface area (Å²) < 4.78 is 0. The number of halogens is 1. The molecule has 0 aromatic carbocycles. The Balaban J connectivity index is 2.86. The van der Waals surface area contributed by atoms with Crippen LogP contribution in [-0.2, 0) is 0 Å². The molecule has 0 spiro atoms. The average Bonchev–Trinajstić information content (AvgIpc) is 2.03. The molecule has 0 radical (unpaired) electrons. The molecule has 1 aromatic heterocycles. The van der Waals surface area contributed by atoms with Gasteiger partial charge in [-0.15, -0.1) is 0 Å². The van der Waals surface area contributed by atoms with Gasteiger partial charge in [0, 0.05) is 12.4 Å². The van der Waals surface area contributed by atoms with Crippen LogP contribution in [0, 0.1) is 0 Å². The maximum atomic E-state index is 5.74. The number of hydrogen-bond donors (Lipinski definition) is 0. The fourth-order valence-corrected chi connectivity index (χ4v) is 0.841. The SMILES string of the molecule is CC/C=C/c1nccnc1Cl. The molecule has 0 unspecified atom stereocenters. The first kappa shape index (κ1) is 8.21. The van der Waals surface area contributed by atoms with Crippen LogP contribution in [0.15, 0.2) is 18.5 Å². The van der Waals surface area contributed by atoms with Crippen LogP contribution in [0.25, 0.3) is 6.08 Å². The van der Waals surface area contributed by atoms with Gasteiger partial charge in [-0.2, -0.15) is 0 Å². The molecule has 11 heavy (non-hydrogen) atoms. The maximum absolute atomic E-state index is 5.74. The molecule has 0 aliphatic rings. The van der Waals surface area contributed by atoms with E-state index in [1.807, 2.05) is 12.2 Å². The lowest BCUT2D eigenvalue weighted by Gasteiger charge is -1.92. The minimum Gasteiger partial charge on any atom is -0.252 e. The van der Waals surface area contributed by atoms with Gasteiger partial charge in [0.25, 0.3) is 0 Å². The molecule has 0 saturated carbocycles. The van der Waals surface area contributed by atoms with E-state index < -0.39 is 0 Å². The van der Waals surface area contributed by atoms with Crippen molar-refractivity contribution in [2.45, 2.75) is 13.3 Å². The monoisotopic (exact) mass is 168 g/mol. The van der Waals surface area contributed by atoms with E-state index in [9.17, 15) is 0 Å². The Morgan fingerprint density at radius 2 is 2.18 bits per heavy atom. The van der Waals surface area contributed by atoms with Crippen LogP contribution < -0.4 is 0 Å². The molecule has 58 valence electrons. The van der Waals surface area contributed by atoms with Crippen molar-refractivity contribution in [1.29, 1.82) is 0 Å². The molecule has 2 nitrogen and oxygen atoms in total. The highest BCUT2D eigenvalue weighted by Gasteiger charge is 1.94. The van der Waals surface area contributed by atoms with Crippen LogP contribution >= 0.6 is 11.6 Å². The van der Waals surface area contributed by atoms with Crippen molar-refractivity contribution in [3.8, 4) is 0 Å². The largest absolute Gasteiger partial charge is 0.252 e. The van der Waals surface area contributed by atoms with Crippen LogP contribution in [0.2, 0.25) is 5.15 Å². The van der Waals surface area contributed by atoms with Gasteiger partial charge in [0.15, 0.2) is 5.15 Å². The molecular formula is C8H9ClN2. The van der Waals surface area contributed by atoms with Gasteiger partial charge in [0.1, 0.15) is 0 Å². The number of rotatable bonds is 2. The van der Waals surface area contributed by atoms with Crippen molar-refractivity contribution >= 4 is 17.7 Å². The fraction of sp³-hybridized carbons (Fsp3) is 0.250. The Morgan fingerprint density at radius 3 is 2.82 bits per heavy atom. The predicted molar refractivity (Wildman–Crippen MR) is 46.4 cm³/mol. The van der Waals surface area contributed by atoms with Crippen LogP contribution in [-0.4, -0.2) is 9.97 Å². The average molecular weight is 169 g/mol. The lowest BCUT2D eigenvalue weighted by atomic mass is 10.3. The quantitative estimate of drug-likeness (QED) is 0.679. The molecule has 0 bridgehead atoms. The Bertz CT molecular complexity index is 258. The lowest BCUT2D eigenvalue weighted by molar-refractivity contribution is 1.17. The summed E-state index contributed by atoms with van der Waals surface area (Å²) in [5.74, 6) is 0. The van der Waals surface area contributed by atoms with Gasteiger partial charge in [-0.05, 0) is 12.5 Å². The van der Waals surface area contributed by atoms with Crippen molar-refractivity contribution < 1.29 is 0 Å². The number of allylic oxidation sites excluding steroid dienone is 1. The molecule has 3 heteroatoms. The molecule has 0 amide bonds. The van der Waals surface area contributed by atoms with E-state index in [1.54, 1.807) is 12.4 Å². The van der Waals surface area contributed by atoms with Crippen LogP contribution in [0.3, 0.4) is 0 Å². The van der Waals surface area contributed by atoms with Gasteiger partial charge >= 0.3 is 0 Å². The van der Waals surface area contributed by atoms with Crippen molar-refractivity contribution in [1.82, 2.24) is 9.97 Å². The van der Waals surface area contributed by atoms with Crippen LogP contribution in [0.1, 0.15) is 19.0 Å². The van der Waals surface area contributed by atoms with E-state index in [0.717, 1.165) is 12.1 Å². The summed E-state index contributed by atoms with van der Waals surface area (Å²) in [6.07, 6.45) is 8.05. The molecule has 1 rings (SSSR count). The molecule has 0 N–H and O–H groups in total. The molecule has 0 saturated heterocycles. The van der Waals surface area contributed by atoms with Gasteiger partial charge in [0.2, 0.25) is 0 Å². The van der Waals surface area contributed by atoms with Gasteiger partial charge in [-0.3, -0.25) is 4.98 Å². The van der Waals surface area contributed by atoms with Crippen molar-refractivity contribution in [2.24, 2.45) is 0 Å². The highest BCUT2D eigenvalue weighted by atomic mass is 35.5. The second-order valence-electron chi connectivity index (χ2n) is 2.04. The van der Waals surface area contributed by atoms with Crippen molar-refractivity contribution in [3.05, 3.63) is 29.3 Å². The topological polar surface area (TPSA) is 25.8 Å². The Kier molecular flexibility index (Phi) is 3.05. The van der Waals surface area contributed by atoms with Crippen LogP contribution in [0.5, 0.6) is 0 Å². The third-order valence-corrected chi connectivity index (χ3v) is 1.48. The van der Waals surface area contributed by atoms with E-state index in [1.165, 1.54) is 0 Å². The normalized spacial score (nSPS) is 10.7. The molecule has 0 atom stereocenters. The van der Waals surface area contributed by atoms with E-state index in [2.05, 4.69) is 16.9 Å². The van der Waals surface area contributed by atoms with E-state index in [0.29, 0.717) is 5.15 Å². The van der Waals surface area contributed by atoms with Crippen molar-refractivity contribution in [2.75, 3.05) is 0 Å². The van der Waals surface area contributed by atoms with Gasteiger partial charge < -0.3 is 0 Å². The third kappa shape index (κ3) is 2.31. The maximum Gasteiger partial charge on any atom is 0.154 e. The van der Waals surface area contributed by atoms with E-state index >= 15 is 0 Å². The molecule has 1 aromatic rings. The van der Waals surface area contributed by atoms with E-state index in [4.69, 9.17) is 11.6 Å². The summed E-state index contributed by atoms with van der Waals surface area (Å²) in [5.41, 5.74) is 0.732. The zero-order valence-corrected chi connectivity index (χ0v) is 7.04. The van der Waals surface area contributed by atoms with Gasteiger partial charge in [-0.1, -0.05) is 24.6 Å². The standard InChI is InChI=1S/C8H9ClN2/c1-2-3-4-7-8(9)11-6-5-10-7/h3-6H,2H2,1H3/b4-3+. The van der Waals surface area contributed by atoms with Gasteiger partial charge in [0.05, 0.1) is 5.69 Å². The van der Waals surface area contributed by atoms with Crippen molar-refractivity contribution in [3.63, 3.8) is 0 Å². The molecule has 0 fully saturated rings.